The summed E-state index contributed by atoms with van der Waals surface area (Å²) in [4.78, 5) is 15.0. The number of nitrogens with zero attached hydrogens (tertiary/aromatic N) is 3. The molecule has 0 aromatic carbocycles. The highest BCUT2D eigenvalue weighted by atomic mass is 35.5. The van der Waals surface area contributed by atoms with Gasteiger partial charge >= 0.3 is 0 Å². The summed E-state index contributed by atoms with van der Waals surface area (Å²) in [5.41, 5.74) is -0.0468. The second-order valence-electron chi connectivity index (χ2n) is 3.76. The van der Waals surface area contributed by atoms with Gasteiger partial charge in [-0.2, -0.15) is 5.26 Å². The number of aryl methyl sites for hydroxylation is 1. The molecule has 1 saturated carbocycles. The standard InChI is InChI=1S/C10H10ClN3O/c1-2-14-6-13-9(11)8(14)10(5-12)3-7(15)4-10/h6H,2-4H2,1H3. The summed E-state index contributed by atoms with van der Waals surface area (Å²) in [6.45, 7) is 2.65. The third-order valence-corrected chi connectivity index (χ3v) is 3.08. The van der Waals surface area contributed by atoms with E-state index in [9.17, 15) is 4.79 Å². The van der Waals surface area contributed by atoms with E-state index in [4.69, 9.17) is 16.9 Å². The smallest absolute Gasteiger partial charge is 0.151 e. The van der Waals surface area contributed by atoms with Gasteiger partial charge in [-0.15, -0.1) is 0 Å². The van der Waals surface area contributed by atoms with Crippen LogP contribution in [0.3, 0.4) is 0 Å². The topological polar surface area (TPSA) is 58.7 Å². The lowest BCUT2D eigenvalue weighted by Crippen LogP contribution is -2.42. The Balaban J connectivity index is 2.48. The molecule has 1 aliphatic carbocycles. The maximum atomic E-state index is 11.1. The molecule has 1 aromatic rings. The fourth-order valence-corrected chi connectivity index (χ4v) is 2.32. The predicted molar refractivity (Wildman–Crippen MR) is 54.4 cm³/mol. The number of aromatic nitrogens is 2. The van der Waals surface area contributed by atoms with Crippen molar-refractivity contribution >= 4 is 17.4 Å². The van der Waals surface area contributed by atoms with Crippen LogP contribution < -0.4 is 0 Å². The van der Waals surface area contributed by atoms with Crippen molar-refractivity contribution in [2.75, 3.05) is 0 Å². The van der Waals surface area contributed by atoms with Crippen LogP contribution in [-0.2, 0) is 16.8 Å². The maximum absolute atomic E-state index is 11.1. The molecule has 1 fully saturated rings. The van der Waals surface area contributed by atoms with Gasteiger partial charge in [0.2, 0.25) is 0 Å². The Morgan fingerprint density at radius 2 is 2.40 bits per heavy atom. The summed E-state index contributed by atoms with van der Waals surface area (Å²) in [5, 5.41) is 9.51. The quantitative estimate of drug-likeness (QED) is 0.767. The van der Waals surface area contributed by atoms with E-state index in [0.717, 1.165) is 0 Å². The van der Waals surface area contributed by atoms with E-state index in [1.807, 2.05) is 11.5 Å². The van der Waals surface area contributed by atoms with E-state index in [1.165, 1.54) is 0 Å². The van der Waals surface area contributed by atoms with Crippen LogP contribution in [0, 0.1) is 11.3 Å². The van der Waals surface area contributed by atoms with E-state index in [-0.39, 0.29) is 18.6 Å². The fraction of sp³-hybridized carbons (Fsp3) is 0.500. The Kier molecular flexibility index (Phi) is 2.28. The van der Waals surface area contributed by atoms with Gasteiger partial charge in [-0.1, -0.05) is 11.6 Å². The first-order valence-electron chi connectivity index (χ1n) is 4.77. The van der Waals surface area contributed by atoms with Gasteiger partial charge in [0.25, 0.3) is 0 Å². The van der Waals surface area contributed by atoms with Crippen LogP contribution in [0.1, 0.15) is 25.5 Å². The lowest BCUT2D eigenvalue weighted by atomic mass is 9.67. The molecule has 1 heterocycles. The number of hydrogen-bond donors (Lipinski definition) is 0. The number of halogens is 1. The highest BCUT2D eigenvalue weighted by Crippen LogP contribution is 2.43. The molecule has 15 heavy (non-hydrogen) atoms. The number of nitriles is 1. The van der Waals surface area contributed by atoms with E-state index in [1.54, 1.807) is 6.33 Å². The Labute approximate surface area is 92.5 Å². The molecule has 0 spiro atoms. The minimum atomic E-state index is -0.735. The van der Waals surface area contributed by atoms with Gasteiger partial charge in [0.05, 0.1) is 18.1 Å². The normalized spacial score (nSPS) is 18.3. The van der Waals surface area contributed by atoms with Crippen LogP contribution >= 0.6 is 11.6 Å². The molecule has 4 nitrogen and oxygen atoms in total. The zero-order chi connectivity index (χ0) is 11.1. The van der Waals surface area contributed by atoms with Crippen molar-refractivity contribution in [3.05, 3.63) is 17.2 Å². The van der Waals surface area contributed by atoms with Crippen LogP contribution in [0.25, 0.3) is 0 Å². The lowest BCUT2D eigenvalue weighted by Gasteiger charge is -2.34. The van der Waals surface area contributed by atoms with Crippen LogP contribution in [0.2, 0.25) is 5.15 Å². The number of ketones is 1. The van der Waals surface area contributed by atoms with Gasteiger partial charge in [0, 0.05) is 19.4 Å². The molecule has 0 radical (unpaired) electrons. The zero-order valence-electron chi connectivity index (χ0n) is 8.33. The van der Waals surface area contributed by atoms with Crippen LogP contribution in [-0.4, -0.2) is 15.3 Å². The number of rotatable bonds is 2. The molecule has 1 aliphatic rings. The average molecular weight is 224 g/mol. The van der Waals surface area contributed by atoms with Crippen LogP contribution in [0.4, 0.5) is 0 Å². The van der Waals surface area contributed by atoms with Gasteiger partial charge in [0.15, 0.2) is 5.15 Å². The summed E-state index contributed by atoms with van der Waals surface area (Å²) in [5.74, 6) is 0.108. The van der Waals surface area contributed by atoms with Crippen molar-refractivity contribution in [2.45, 2.75) is 31.7 Å². The molecule has 0 bridgehead atoms. The molecule has 0 unspecified atom stereocenters. The monoisotopic (exact) mass is 223 g/mol. The van der Waals surface area contributed by atoms with Crippen molar-refractivity contribution in [3.63, 3.8) is 0 Å². The third-order valence-electron chi connectivity index (χ3n) is 2.80. The van der Waals surface area contributed by atoms with Gasteiger partial charge < -0.3 is 4.57 Å². The van der Waals surface area contributed by atoms with Gasteiger partial charge in [0.1, 0.15) is 11.2 Å². The van der Waals surface area contributed by atoms with Crippen molar-refractivity contribution < 1.29 is 4.79 Å². The fourth-order valence-electron chi connectivity index (χ4n) is 1.99. The molecule has 0 amide bonds. The Hall–Kier alpha value is -1.34. The van der Waals surface area contributed by atoms with E-state index in [0.29, 0.717) is 17.4 Å². The molecule has 78 valence electrons. The summed E-state index contributed by atoms with van der Waals surface area (Å²) in [6, 6.07) is 2.20. The van der Waals surface area contributed by atoms with Crippen molar-refractivity contribution in [2.24, 2.45) is 0 Å². The molecule has 2 rings (SSSR count). The number of carbonyl (C=O) groups excluding carboxylic acids is 1. The SMILES string of the molecule is CCn1cnc(Cl)c1C1(C#N)CC(=O)C1. The number of hydrogen-bond acceptors (Lipinski definition) is 3. The third kappa shape index (κ3) is 1.35. The van der Waals surface area contributed by atoms with Crippen molar-refractivity contribution in [1.29, 1.82) is 5.26 Å². The number of imidazole rings is 1. The minimum Gasteiger partial charge on any atom is -0.332 e. The van der Waals surface area contributed by atoms with E-state index >= 15 is 0 Å². The van der Waals surface area contributed by atoms with Crippen molar-refractivity contribution in [1.82, 2.24) is 9.55 Å². The Morgan fingerprint density at radius 1 is 1.73 bits per heavy atom. The maximum Gasteiger partial charge on any atom is 0.151 e. The molecule has 5 heteroatoms. The zero-order valence-corrected chi connectivity index (χ0v) is 9.08. The van der Waals surface area contributed by atoms with Gasteiger partial charge in [-0.3, -0.25) is 4.79 Å². The summed E-state index contributed by atoms with van der Waals surface area (Å²) in [6.07, 6.45) is 2.13. The number of Topliss-reactive ketones (excluding diaryl/α,β-unsaturated/α-hetero) is 1. The molecule has 0 aliphatic heterocycles. The first kappa shape index (κ1) is 10.2. The minimum absolute atomic E-state index is 0.108. The molecule has 0 N–H and O–H groups in total. The van der Waals surface area contributed by atoms with E-state index in [2.05, 4.69) is 11.1 Å². The Morgan fingerprint density at radius 3 is 2.87 bits per heavy atom. The number of carbonyl (C=O) groups is 1. The molecule has 1 aromatic heterocycles. The summed E-state index contributed by atoms with van der Waals surface area (Å²) < 4.78 is 1.83. The van der Waals surface area contributed by atoms with Crippen molar-refractivity contribution in [3.8, 4) is 6.07 Å². The Bertz CT molecular complexity index is 450. The first-order chi connectivity index (χ1) is 7.13. The average Bonchev–Trinajstić information content (AvgIpc) is 2.55. The second-order valence-corrected chi connectivity index (χ2v) is 4.11. The lowest BCUT2D eigenvalue weighted by molar-refractivity contribution is -0.126. The molecular weight excluding hydrogens is 214 g/mol. The molecule has 0 saturated heterocycles. The van der Waals surface area contributed by atoms with Gasteiger partial charge in [-0.05, 0) is 6.92 Å². The molecular formula is C10H10ClN3O. The highest BCUT2D eigenvalue weighted by Gasteiger charge is 2.49. The highest BCUT2D eigenvalue weighted by molar-refractivity contribution is 6.30. The molecule has 0 atom stereocenters. The summed E-state index contributed by atoms with van der Waals surface area (Å²) in [7, 11) is 0. The van der Waals surface area contributed by atoms with Crippen LogP contribution in [0.5, 0.6) is 0 Å². The van der Waals surface area contributed by atoms with Crippen LogP contribution in [0.15, 0.2) is 6.33 Å². The summed E-state index contributed by atoms with van der Waals surface area (Å²) >= 11 is 5.95. The predicted octanol–water partition coefficient (Wildman–Crippen LogP) is 1.68. The first-order valence-corrected chi connectivity index (χ1v) is 5.15. The second kappa shape index (κ2) is 3.35. The van der Waals surface area contributed by atoms with E-state index < -0.39 is 5.41 Å². The van der Waals surface area contributed by atoms with Gasteiger partial charge in [-0.25, -0.2) is 4.98 Å². The largest absolute Gasteiger partial charge is 0.332 e.